The Morgan fingerprint density at radius 3 is 2.37 bits per heavy atom. The number of ether oxygens (including phenoxy) is 2. The van der Waals surface area contributed by atoms with Gasteiger partial charge in [-0.25, -0.2) is 0 Å². The Morgan fingerprint density at radius 1 is 1.05 bits per heavy atom. The van der Waals surface area contributed by atoms with Crippen LogP contribution in [0.25, 0.3) is 0 Å². The van der Waals surface area contributed by atoms with Gasteiger partial charge in [-0.05, 0) is 32.8 Å². The number of allylic oxidation sites excluding steroid dienone is 1. The van der Waals surface area contributed by atoms with Gasteiger partial charge in [-0.15, -0.1) is 0 Å². The number of esters is 2. The highest BCUT2D eigenvalue weighted by molar-refractivity contribution is 5.77. The van der Waals surface area contributed by atoms with Crippen molar-refractivity contribution in [2.75, 3.05) is 0 Å². The van der Waals surface area contributed by atoms with Crippen molar-refractivity contribution in [2.45, 2.75) is 71.8 Å². The van der Waals surface area contributed by atoms with Gasteiger partial charge in [-0.2, -0.15) is 0 Å². The Kier molecular flexibility index (Phi) is 10.9. The Morgan fingerprint density at radius 2 is 1.74 bits per heavy atom. The standard InChI is InChI=1S/C15H26O4/c1-4-5-6-7-8-9-12-18-14(16)10-11-15(17)19-13(2)3/h9,12-13H,4-8,10-11H2,1-3H3/b12-9+. The quantitative estimate of drug-likeness (QED) is 0.345. The fraction of sp³-hybridized carbons (Fsp3) is 0.733. The predicted octanol–water partition coefficient (Wildman–Crippen LogP) is 3.75. The summed E-state index contributed by atoms with van der Waals surface area (Å²) in [5.41, 5.74) is 0. The van der Waals surface area contributed by atoms with Gasteiger partial charge >= 0.3 is 11.9 Å². The molecule has 0 aliphatic rings. The zero-order chi connectivity index (χ0) is 14.5. The zero-order valence-corrected chi connectivity index (χ0v) is 12.3. The highest BCUT2D eigenvalue weighted by Gasteiger charge is 2.09. The van der Waals surface area contributed by atoms with Crippen LogP contribution in [0.4, 0.5) is 0 Å². The molecule has 4 nitrogen and oxygen atoms in total. The molecule has 0 aromatic heterocycles. The van der Waals surface area contributed by atoms with E-state index in [-0.39, 0.29) is 24.9 Å². The summed E-state index contributed by atoms with van der Waals surface area (Å²) < 4.78 is 9.79. The second kappa shape index (κ2) is 11.8. The van der Waals surface area contributed by atoms with E-state index < -0.39 is 5.97 Å². The maximum Gasteiger partial charge on any atom is 0.311 e. The molecule has 4 heteroatoms. The van der Waals surface area contributed by atoms with E-state index in [2.05, 4.69) is 6.92 Å². The Hall–Kier alpha value is -1.32. The normalized spacial score (nSPS) is 10.9. The first-order chi connectivity index (χ1) is 9.06. The summed E-state index contributed by atoms with van der Waals surface area (Å²) in [4.78, 5) is 22.5. The van der Waals surface area contributed by atoms with Gasteiger partial charge in [0, 0.05) is 0 Å². The van der Waals surface area contributed by atoms with Gasteiger partial charge in [0.25, 0.3) is 0 Å². The largest absolute Gasteiger partial charge is 0.463 e. The molecule has 110 valence electrons. The number of rotatable bonds is 10. The molecular formula is C15H26O4. The lowest BCUT2D eigenvalue weighted by molar-refractivity contribution is -0.150. The van der Waals surface area contributed by atoms with Gasteiger partial charge in [0.2, 0.25) is 0 Å². The van der Waals surface area contributed by atoms with Crippen LogP contribution in [0, 0.1) is 0 Å². The van der Waals surface area contributed by atoms with Crippen LogP contribution in [0.2, 0.25) is 0 Å². The fourth-order valence-electron chi connectivity index (χ4n) is 1.47. The van der Waals surface area contributed by atoms with Crippen LogP contribution in [0.5, 0.6) is 0 Å². The van der Waals surface area contributed by atoms with Crippen molar-refractivity contribution in [3.63, 3.8) is 0 Å². The number of carbonyl (C=O) groups is 2. The predicted molar refractivity (Wildman–Crippen MR) is 74.5 cm³/mol. The average molecular weight is 270 g/mol. The van der Waals surface area contributed by atoms with Gasteiger partial charge < -0.3 is 9.47 Å². The summed E-state index contributed by atoms with van der Waals surface area (Å²) in [6, 6.07) is 0. The molecule has 0 rings (SSSR count). The van der Waals surface area contributed by atoms with E-state index in [4.69, 9.17) is 9.47 Å². The third-order valence-electron chi connectivity index (χ3n) is 2.42. The molecule has 19 heavy (non-hydrogen) atoms. The molecule has 0 aromatic rings. The van der Waals surface area contributed by atoms with E-state index in [1.807, 2.05) is 6.08 Å². The molecule has 0 radical (unpaired) electrons. The molecule has 0 aliphatic carbocycles. The molecule has 0 heterocycles. The molecule has 0 saturated heterocycles. The van der Waals surface area contributed by atoms with E-state index in [1.54, 1.807) is 13.8 Å². The van der Waals surface area contributed by atoms with Gasteiger partial charge in [0.1, 0.15) is 0 Å². The summed E-state index contributed by atoms with van der Waals surface area (Å²) in [6.45, 7) is 5.72. The molecule has 0 atom stereocenters. The van der Waals surface area contributed by atoms with Crippen molar-refractivity contribution >= 4 is 11.9 Å². The molecule has 0 bridgehead atoms. The van der Waals surface area contributed by atoms with Crippen LogP contribution in [0.1, 0.15) is 65.7 Å². The first-order valence-corrected chi connectivity index (χ1v) is 7.10. The minimum atomic E-state index is -0.398. The first-order valence-electron chi connectivity index (χ1n) is 7.10. The number of carbonyl (C=O) groups excluding carboxylic acids is 2. The van der Waals surface area contributed by atoms with E-state index in [9.17, 15) is 9.59 Å². The third-order valence-corrected chi connectivity index (χ3v) is 2.42. The Balaban J connectivity index is 3.53. The summed E-state index contributed by atoms with van der Waals surface area (Å²) in [5, 5.41) is 0. The lowest BCUT2D eigenvalue weighted by Crippen LogP contribution is -2.13. The highest BCUT2D eigenvalue weighted by Crippen LogP contribution is 2.03. The number of unbranched alkanes of at least 4 members (excludes halogenated alkanes) is 4. The maximum absolute atomic E-state index is 11.3. The maximum atomic E-state index is 11.3. The molecule has 0 unspecified atom stereocenters. The molecule has 0 N–H and O–H groups in total. The molecule has 0 aliphatic heterocycles. The second-order valence-electron chi connectivity index (χ2n) is 4.75. The molecular weight excluding hydrogens is 244 g/mol. The van der Waals surface area contributed by atoms with Gasteiger partial charge in [0.05, 0.1) is 25.2 Å². The Bertz CT molecular complexity index is 282. The second-order valence-corrected chi connectivity index (χ2v) is 4.75. The van der Waals surface area contributed by atoms with Crippen molar-refractivity contribution in [1.82, 2.24) is 0 Å². The van der Waals surface area contributed by atoms with Crippen LogP contribution in [0.3, 0.4) is 0 Å². The van der Waals surface area contributed by atoms with Crippen LogP contribution in [0.15, 0.2) is 12.3 Å². The lowest BCUT2D eigenvalue weighted by Gasteiger charge is -2.06. The Labute approximate surface area is 116 Å². The van der Waals surface area contributed by atoms with E-state index >= 15 is 0 Å². The lowest BCUT2D eigenvalue weighted by atomic mass is 10.1. The third kappa shape index (κ3) is 12.9. The van der Waals surface area contributed by atoms with Gasteiger partial charge in [-0.3, -0.25) is 9.59 Å². The van der Waals surface area contributed by atoms with Crippen molar-refractivity contribution < 1.29 is 19.1 Å². The minimum absolute atomic E-state index is 0.0612. The van der Waals surface area contributed by atoms with Crippen molar-refractivity contribution in [3.8, 4) is 0 Å². The monoisotopic (exact) mass is 270 g/mol. The van der Waals surface area contributed by atoms with Crippen LogP contribution in [-0.2, 0) is 19.1 Å². The first kappa shape index (κ1) is 17.7. The highest BCUT2D eigenvalue weighted by atomic mass is 16.5. The SMILES string of the molecule is CCCCCC/C=C/OC(=O)CCC(=O)OC(C)C. The van der Waals surface area contributed by atoms with E-state index in [1.165, 1.54) is 25.5 Å². The number of hydrogen-bond acceptors (Lipinski definition) is 4. The molecule has 0 saturated carbocycles. The van der Waals surface area contributed by atoms with E-state index in [0.717, 1.165) is 12.8 Å². The van der Waals surface area contributed by atoms with Crippen LogP contribution < -0.4 is 0 Å². The summed E-state index contributed by atoms with van der Waals surface area (Å²) >= 11 is 0. The van der Waals surface area contributed by atoms with Crippen LogP contribution in [-0.4, -0.2) is 18.0 Å². The molecule has 0 aromatic carbocycles. The van der Waals surface area contributed by atoms with Crippen molar-refractivity contribution in [3.05, 3.63) is 12.3 Å². The van der Waals surface area contributed by atoms with E-state index in [0.29, 0.717) is 0 Å². The molecule has 0 spiro atoms. The average Bonchev–Trinajstić information content (AvgIpc) is 2.34. The molecule has 0 amide bonds. The van der Waals surface area contributed by atoms with Crippen molar-refractivity contribution in [2.24, 2.45) is 0 Å². The molecule has 0 fully saturated rings. The van der Waals surface area contributed by atoms with Crippen LogP contribution >= 0.6 is 0 Å². The van der Waals surface area contributed by atoms with Gasteiger partial charge in [0.15, 0.2) is 0 Å². The smallest absolute Gasteiger partial charge is 0.311 e. The topological polar surface area (TPSA) is 52.6 Å². The summed E-state index contributed by atoms with van der Waals surface area (Å²) in [6.07, 6.45) is 8.94. The summed E-state index contributed by atoms with van der Waals surface area (Å²) in [5.74, 6) is -0.763. The van der Waals surface area contributed by atoms with Crippen molar-refractivity contribution in [1.29, 1.82) is 0 Å². The van der Waals surface area contributed by atoms with Gasteiger partial charge in [-0.1, -0.05) is 26.2 Å². The fourth-order valence-corrected chi connectivity index (χ4v) is 1.47. The minimum Gasteiger partial charge on any atom is -0.463 e. The zero-order valence-electron chi connectivity index (χ0n) is 12.3. The summed E-state index contributed by atoms with van der Waals surface area (Å²) in [7, 11) is 0. The number of hydrogen-bond donors (Lipinski definition) is 0.